The number of hydrazine groups is 1. The van der Waals surface area contributed by atoms with Crippen molar-refractivity contribution in [2.75, 3.05) is 0 Å². The van der Waals surface area contributed by atoms with E-state index in [1.54, 1.807) is 0 Å². The van der Waals surface area contributed by atoms with Crippen molar-refractivity contribution < 1.29 is 4.79 Å². The molecule has 0 aliphatic rings. The molecule has 12 heavy (non-hydrogen) atoms. The van der Waals surface area contributed by atoms with Gasteiger partial charge < -0.3 is 5.73 Å². The molecule has 1 amide bonds. The molecule has 0 saturated carbocycles. The largest absolute Gasteiger partial charge is 0.375 e. The number of hydrogen-bond donors (Lipinski definition) is 3. The fourth-order valence-electron chi connectivity index (χ4n) is 0.885. The third-order valence-electron chi connectivity index (χ3n) is 1.67. The Morgan fingerprint density at radius 2 is 1.92 bits per heavy atom. The first-order chi connectivity index (χ1) is 5.61. The zero-order valence-electron chi connectivity index (χ0n) is 7.39. The summed E-state index contributed by atoms with van der Waals surface area (Å²) in [7, 11) is 0. The van der Waals surface area contributed by atoms with Crippen LogP contribution in [-0.4, -0.2) is 11.0 Å². The average Bonchev–Trinajstić information content (AvgIpc) is 2.03. The van der Waals surface area contributed by atoms with Gasteiger partial charge in [0.1, 0.15) is 0 Å². The number of carbonyl (C=O) groups is 1. The first-order valence-corrected chi connectivity index (χ1v) is 4.37. The van der Waals surface area contributed by atoms with Crippen LogP contribution >= 0.6 is 12.2 Å². The highest BCUT2D eigenvalue weighted by Gasteiger charge is 2.12. The lowest BCUT2D eigenvalue weighted by atomic mass is 10.0. The minimum Gasteiger partial charge on any atom is -0.375 e. The molecule has 70 valence electrons. The van der Waals surface area contributed by atoms with Crippen molar-refractivity contribution in [2.45, 2.75) is 26.7 Å². The molecule has 5 heteroatoms. The lowest BCUT2D eigenvalue weighted by Gasteiger charge is -2.12. The first kappa shape index (κ1) is 11.2. The van der Waals surface area contributed by atoms with E-state index in [0.717, 1.165) is 12.8 Å². The van der Waals surface area contributed by atoms with Gasteiger partial charge in [-0.1, -0.05) is 13.8 Å². The number of nitrogens with one attached hydrogen (secondary N) is 2. The summed E-state index contributed by atoms with van der Waals surface area (Å²) in [5.74, 6) is -0.0281. The molecule has 0 heterocycles. The van der Waals surface area contributed by atoms with E-state index in [-0.39, 0.29) is 16.9 Å². The second-order valence-electron chi connectivity index (χ2n) is 2.49. The van der Waals surface area contributed by atoms with E-state index in [4.69, 9.17) is 5.73 Å². The third-order valence-corrected chi connectivity index (χ3v) is 1.77. The molecular weight excluding hydrogens is 174 g/mol. The van der Waals surface area contributed by atoms with Gasteiger partial charge in [0.25, 0.3) is 0 Å². The topological polar surface area (TPSA) is 67.2 Å². The highest BCUT2D eigenvalue weighted by Crippen LogP contribution is 2.05. The Labute approximate surface area is 77.9 Å². The van der Waals surface area contributed by atoms with Gasteiger partial charge >= 0.3 is 0 Å². The van der Waals surface area contributed by atoms with Crippen molar-refractivity contribution in [1.29, 1.82) is 0 Å². The molecule has 0 bridgehead atoms. The summed E-state index contributed by atoms with van der Waals surface area (Å²) in [6, 6.07) is 0. The monoisotopic (exact) mass is 189 g/mol. The van der Waals surface area contributed by atoms with Crippen LogP contribution in [0.4, 0.5) is 0 Å². The summed E-state index contributed by atoms with van der Waals surface area (Å²) in [5.41, 5.74) is 9.96. The number of thiocarbonyl (C=S) groups is 1. The van der Waals surface area contributed by atoms with Crippen LogP contribution in [0.1, 0.15) is 26.7 Å². The van der Waals surface area contributed by atoms with Gasteiger partial charge in [0, 0.05) is 5.92 Å². The maximum atomic E-state index is 11.2. The Morgan fingerprint density at radius 1 is 1.42 bits per heavy atom. The summed E-state index contributed by atoms with van der Waals surface area (Å²) in [6.45, 7) is 3.93. The van der Waals surface area contributed by atoms with Gasteiger partial charge in [-0.15, -0.1) is 0 Å². The van der Waals surface area contributed by atoms with E-state index in [0.29, 0.717) is 0 Å². The molecule has 0 aliphatic heterocycles. The Bertz CT molecular complexity index is 168. The van der Waals surface area contributed by atoms with Crippen molar-refractivity contribution in [3.63, 3.8) is 0 Å². The lowest BCUT2D eigenvalue weighted by molar-refractivity contribution is -0.125. The molecule has 0 aromatic rings. The molecule has 0 saturated heterocycles. The van der Waals surface area contributed by atoms with Gasteiger partial charge in [0.2, 0.25) is 5.91 Å². The Hall–Kier alpha value is -0.840. The van der Waals surface area contributed by atoms with Crippen molar-refractivity contribution in [3.8, 4) is 0 Å². The quantitative estimate of drug-likeness (QED) is 0.441. The Morgan fingerprint density at radius 3 is 2.25 bits per heavy atom. The standard InChI is InChI=1S/C7H15N3OS/c1-3-5(4-2)6(11)9-10-7(8)12/h5H,3-4H2,1-2H3,(H,9,11)(H3,8,10,12). The molecule has 0 aromatic heterocycles. The lowest BCUT2D eigenvalue weighted by Crippen LogP contribution is -2.46. The SMILES string of the molecule is CCC(CC)C(=O)NNC(N)=S. The zero-order chi connectivity index (χ0) is 9.56. The maximum Gasteiger partial charge on any atom is 0.241 e. The fraction of sp³-hybridized carbons (Fsp3) is 0.714. The summed E-state index contributed by atoms with van der Waals surface area (Å²) < 4.78 is 0. The first-order valence-electron chi connectivity index (χ1n) is 3.97. The van der Waals surface area contributed by atoms with Crippen molar-refractivity contribution >= 4 is 23.2 Å². The fourth-order valence-corrected chi connectivity index (χ4v) is 0.936. The molecule has 4 N–H and O–H groups in total. The molecule has 0 aromatic carbocycles. The Balaban J connectivity index is 3.77. The molecule has 0 fully saturated rings. The van der Waals surface area contributed by atoms with E-state index in [9.17, 15) is 4.79 Å². The van der Waals surface area contributed by atoms with Crippen LogP contribution in [0, 0.1) is 5.92 Å². The molecule has 4 nitrogen and oxygen atoms in total. The van der Waals surface area contributed by atoms with Gasteiger partial charge in [-0.2, -0.15) is 0 Å². The van der Waals surface area contributed by atoms with Crippen LogP contribution in [0.25, 0.3) is 0 Å². The smallest absolute Gasteiger partial charge is 0.241 e. The van der Waals surface area contributed by atoms with Crippen LogP contribution in [0.3, 0.4) is 0 Å². The molecule has 0 aliphatic carbocycles. The highest BCUT2D eigenvalue weighted by molar-refractivity contribution is 7.80. The zero-order valence-corrected chi connectivity index (χ0v) is 8.20. The van der Waals surface area contributed by atoms with E-state index in [2.05, 4.69) is 23.1 Å². The van der Waals surface area contributed by atoms with Gasteiger partial charge in [0.05, 0.1) is 0 Å². The predicted octanol–water partition coefficient (Wildman–Crippen LogP) is 0.287. The third kappa shape index (κ3) is 4.12. The predicted molar refractivity (Wildman–Crippen MR) is 52.1 cm³/mol. The molecule has 0 radical (unpaired) electrons. The number of rotatable bonds is 3. The number of hydrogen-bond acceptors (Lipinski definition) is 2. The number of carbonyl (C=O) groups excluding carboxylic acids is 1. The van der Waals surface area contributed by atoms with Crippen molar-refractivity contribution in [1.82, 2.24) is 10.9 Å². The van der Waals surface area contributed by atoms with Crippen LogP contribution < -0.4 is 16.6 Å². The van der Waals surface area contributed by atoms with Gasteiger partial charge in [-0.05, 0) is 25.1 Å². The van der Waals surface area contributed by atoms with Crippen LogP contribution in [-0.2, 0) is 4.79 Å². The van der Waals surface area contributed by atoms with E-state index in [1.165, 1.54) is 0 Å². The minimum atomic E-state index is -0.0622. The number of nitrogens with two attached hydrogens (primary N) is 1. The highest BCUT2D eigenvalue weighted by atomic mass is 32.1. The van der Waals surface area contributed by atoms with Crippen LogP contribution in [0.2, 0.25) is 0 Å². The van der Waals surface area contributed by atoms with Crippen molar-refractivity contribution in [3.05, 3.63) is 0 Å². The van der Waals surface area contributed by atoms with Gasteiger partial charge in [-0.3, -0.25) is 15.6 Å². The van der Waals surface area contributed by atoms with E-state index in [1.807, 2.05) is 13.8 Å². The summed E-state index contributed by atoms with van der Waals surface area (Å²) >= 11 is 4.52. The molecule has 0 unspecified atom stereocenters. The number of amides is 1. The van der Waals surface area contributed by atoms with Crippen molar-refractivity contribution in [2.24, 2.45) is 11.7 Å². The summed E-state index contributed by atoms with van der Waals surface area (Å²) in [4.78, 5) is 11.2. The minimum absolute atomic E-state index is 0.0341. The normalized spacial score (nSPS) is 9.58. The second kappa shape index (κ2) is 5.77. The summed E-state index contributed by atoms with van der Waals surface area (Å²) in [5, 5.41) is 0.0781. The van der Waals surface area contributed by atoms with Gasteiger partial charge in [-0.25, -0.2) is 0 Å². The van der Waals surface area contributed by atoms with Gasteiger partial charge in [0.15, 0.2) is 5.11 Å². The van der Waals surface area contributed by atoms with Crippen LogP contribution in [0.15, 0.2) is 0 Å². The maximum absolute atomic E-state index is 11.2. The van der Waals surface area contributed by atoms with E-state index < -0.39 is 0 Å². The average molecular weight is 189 g/mol. The molecule has 0 spiro atoms. The molecule has 0 rings (SSSR count). The van der Waals surface area contributed by atoms with E-state index >= 15 is 0 Å². The molecular formula is C7H15N3OS. The second-order valence-corrected chi connectivity index (χ2v) is 2.93. The molecule has 0 atom stereocenters. The Kier molecular flexibility index (Phi) is 5.36. The van der Waals surface area contributed by atoms with Crippen LogP contribution in [0.5, 0.6) is 0 Å². The summed E-state index contributed by atoms with van der Waals surface area (Å²) in [6.07, 6.45) is 1.64.